The van der Waals surface area contributed by atoms with Crippen LogP contribution in [0.1, 0.15) is 63.5 Å². The third-order valence-electron chi connectivity index (χ3n) is 6.44. The minimum absolute atomic E-state index is 0.154. The molecule has 2 aliphatic heterocycles. The lowest BCUT2D eigenvalue weighted by Crippen LogP contribution is -2.60. The Labute approximate surface area is 188 Å². The molecule has 1 fully saturated rings. The van der Waals surface area contributed by atoms with Gasteiger partial charge >= 0.3 is 5.97 Å². The molecule has 1 aromatic rings. The Morgan fingerprint density at radius 1 is 1.16 bits per heavy atom. The molecule has 0 radical (unpaired) electrons. The largest absolute Gasteiger partial charge is 0.480 e. The van der Waals surface area contributed by atoms with Crippen LogP contribution < -0.4 is 5.32 Å². The van der Waals surface area contributed by atoms with Crippen molar-refractivity contribution in [2.75, 3.05) is 6.54 Å². The molecule has 2 heterocycles. The number of nitrogens with one attached hydrogen (secondary N) is 1. The lowest BCUT2D eigenvalue weighted by molar-refractivity contribution is -0.162. The van der Waals surface area contributed by atoms with Crippen LogP contribution in [-0.2, 0) is 32.1 Å². The SMILES string of the molecule is CCCC[C@@H](C(=O)O)N(C(=O)[C@@H]1Cc2ccccc2CN1)C(=O)[C@@H]1CCCN1C(=O)CC. The monoisotopic (exact) mass is 443 g/mol. The van der Waals surface area contributed by atoms with E-state index in [1.165, 1.54) is 4.90 Å². The van der Waals surface area contributed by atoms with Crippen molar-refractivity contribution in [3.63, 3.8) is 0 Å². The number of hydrogen-bond acceptors (Lipinski definition) is 5. The fourth-order valence-corrected chi connectivity index (χ4v) is 4.66. The normalized spacial score (nSPS) is 21.0. The first kappa shape index (κ1) is 23.9. The summed E-state index contributed by atoms with van der Waals surface area (Å²) in [7, 11) is 0. The third kappa shape index (κ3) is 5.01. The van der Waals surface area contributed by atoms with Crippen LogP contribution in [0.4, 0.5) is 0 Å². The topological polar surface area (TPSA) is 107 Å². The van der Waals surface area contributed by atoms with Crippen molar-refractivity contribution >= 4 is 23.7 Å². The molecule has 1 aromatic carbocycles. The van der Waals surface area contributed by atoms with Crippen LogP contribution in [0.3, 0.4) is 0 Å². The highest BCUT2D eigenvalue weighted by Crippen LogP contribution is 2.25. The van der Waals surface area contributed by atoms with Crippen LogP contribution in [-0.4, -0.2) is 63.3 Å². The Kier molecular flexibility index (Phi) is 8.01. The van der Waals surface area contributed by atoms with Gasteiger partial charge in [0, 0.05) is 19.5 Å². The number of amides is 3. The number of carboxylic acid groups (broad SMARTS) is 1. The van der Waals surface area contributed by atoms with Gasteiger partial charge in [0.05, 0.1) is 6.04 Å². The van der Waals surface area contributed by atoms with Crippen LogP contribution in [0.25, 0.3) is 0 Å². The number of hydrogen-bond donors (Lipinski definition) is 2. The molecule has 3 atom stereocenters. The highest BCUT2D eigenvalue weighted by Gasteiger charge is 2.44. The zero-order chi connectivity index (χ0) is 23.3. The van der Waals surface area contributed by atoms with Gasteiger partial charge in [-0.3, -0.25) is 19.3 Å². The summed E-state index contributed by atoms with van der Waals surface area (Å²) < 4.78 is 0. The molecule has 0 spiro atoms. The smallest absolute Gasteiger partial charge is 0.326 e. The molecule has 0 aliphatic carbocycles. The van der Waals surface area contributed by atoms with Gasteiger partial charge in [-0.25, -0.2) is 4.79 Å². The van der Waals surface area contributed by atoms with E-state index in [0.29, 0.717) is 38.8 Å². The van der Waals surface area contributed by atoms with Gasteiger partial charge in [-0.2, -0.15) is 0 Å². The first-order chi connectivity index (χ1) is 15.4. The second-order valence-corrected chi connectivity index (χ2v) is 8.55. The molecule has 0 aromatic heterocycles. The highest BCUT2D eigenvalue weighted by atomic mass is 16.4. The molecule has 0 saturated carbocycles. The van der Waals surface area contributed by atoms with E-state index in [2.05, 4.69) is 5.32 Å². The number of carboxylic acids is 1. The molecule has 2 aliphatic rings. The van der Waals surface area contributed by atoms with E-state index >= 15 is 0 Å². The molecular weight excluding hydrogens is 410 g/mol. The van der Waals surface area contributed by atoms with Gasteiger partial charge < -0.3 is 15.3 Å². The van der Waals surface area contributed by atoms with Crippen LogP contribution in [0.5, 0.6) is 0 Å². The zero-order valence-electron chi connectivity index (χ0n) is 18.9. The summed E-state index contributed by atoms with van der Waals surface area (Å²) in [6.07, 6.45) is 3.27. The fraction of sp³-hybridized carbons (Fsp3) is 0.583. The van der Waals surface area contributed by atoms with E-state index in [0.717, 1.165) is 22.4 Å². The summed E-state index contributed by atoms with van der Waals surface area (Å²) in [6.45, 7) is 4.60. The number of rotatable bonds is 8. The van der Waals surface area contributed by atoms with Crippen molar-refractivity contribution < 1.29 is 24.3 Å². The number of benzene rings is 1. The maximum atomic E-state index is 13.6. The van der Waals surface area contributed by atoms with Crippen molar-refractivity contribution in [3.05, 3.63) is 35.4 Å². The Morgan fingerprint density at radius 2 is 1.88 bits per heavy atom. The lowest BCUT2D eigenvalue weighted by atomic mass is 9.94. The van der Waals surface area contributed by atoms with Gasteiger partial charge in [0.2, 0.25) is 11.8 Å². The molecule has 8 heteroatoms. The lowest BCUT2D eigenvalue weighted by Gasteiger charge is -2.36. The van der Waals surface area contributed by atoms with E-state index < -0.39 is 35.9 Å². The number of likely N-dealkylation sites (tertiary alicyclic amines) is 1. The summed E-state index contributed by atoms with van der Waals surface area (Å²) in [5.41, 5.74) is 2.10. The van der Waals surface area contributed by atoms with Crippen molar-refractivity contribution in [3.8, 4) is 0 Å². The third-order valence-corrected chi connectivity index (χ3v) is 6.44. The van der Waals surface area contributed by atoms with Crippen molar-refractivity contribution in [2.45, 2.75) is 83.5 Å². The Balaban J connectivity index is 1.91. The molecule has 174 valence electrons. The van der Waals surface area contributed by atoms with E-state index in [9.17, 15) is 24.3 Å². The molecule has 8 nitrogen and oxygen atoms in total. The van der Waals surface area contributed by atoms with Crippen LogP contribution in [0.15, 0.2) is 24.3 Å². The van der Waals surface area contributed by atoms with Gasteiger partial charge in [-0.1, -0.05) is 51.0 Å². The molecular formula is C24H33N3O5. The van der Waals surface area contributed by atoms with Crippen LogP contribution >= 0.6 is 0 Å². The Hall–Kier alpha value is -2.74. The number of carbonyl (C=O) groups excluding carboxylic acids is 3. The number of unbranched alkanes of at least 4 members (excludes halogenated alkanes) is 1. The van der Waals surface area contributed by atoms with E-state index in [1.54, 1.807) is 6.92 Å². The summed E-state index contributed by atoms with van der Waals surface area (Å²) >= 11 is 0. The van der Waals surface area contributed by atoms with Crippen LogP contribution in [0.2, 0.25) is 0 Å². The second-order valence-electron chi connectivity index (χ2n) is 8.55. The summed E-state index contributed by atoms with van der Waals surface area (Å²) in [6, 6.07) is 5.06. The zero-order valence-corrected chi connectivity index (χ0v) is 18.9. The number of carbonyl (C=O) groups is 4. The molecule has 3 rings (SSSR count). The molecule has 1 saturated heterocycles. The van der Waals surface area contributed by atoms with E-state index in [-0.39, 0.29) is 18.7 Å². The van der Waals surface area contributed by atoms with Gasteiger partial charge in [0.1, 0.15) is 12.1 Å². The van der Waals surface area contributed by atoms with Crippen molar-refractivity contribution in [1.29, 1.82) is 0 Å². The van der Waals surface area contributed by atoms with Gasteiger partial charge in [0.25, 0.3) is 5.91 Å². The first-order valence-corrected chi connectivity index (χ1v) is 11.6. The average Bonchev–Trinajstić information content (AvgIpc) is 3.30. The van der Waals surface area contributed by atoms with Gasteiger partial charge in [-0.15, -0.1) is 0 Å². The minimum Gasteiger partial charge on any atom is -0.480 e. The van der Waals surface area contributed by atoms with Gasteiger partial charge in [-0.05, 0) is 36.8 Å². The molecule has 2 N–H and O–H groups in total. The van der Waals surface area contributed by atoms with Crippen LogP contribution in [0, 0.1) is 0 Å². The van der Waals surface area contributed by atoms with E-state index in [4.69, 9.17) is 0 Å². The molecule has 3 amide bonds. The number of aliphatic carboxylic acids is 1. The quantitative estimate of drug-likeness (QED) is 0.596. The fourth-order valence-electron chi connectivity index (χ4n) is 4.66. The van der Waals surface area contributed by atoms with E-state index in [1.807, 2.05) is 31.2 Å². The maximum absolute atomic E-state index is 13.6. The first-order valence-electron chi connectivity index (χ1n) is 11.6. The predicted octanol–water partition coefficient (Wildman–Crippen LogP) is 2.10. The number of nitrogens with zero attached hydrogens (tertiary/aromatic N) is 2. The maximum Gasteiger partial charge on any atom is 0.326 e. The summed E-state index contributed by atoms with van der Waals surface area (Å²) in [5.74, 6) is -2.44. The molecule has 0 bridgehead atoms. The van der Waals surface area contributed by atoms with Crippen molar-refractivity contribution in [1.82, 2.24) is 15.1 Å². The standard InChI is InChI=1S/C24H33N3O5/c1-3-5-11-20(24(31)32)27(23(30)19-12-8-13-26(19)21(28)4-2)22(29)18-14-16-9-6-7-10-17(16)15-25-18/h6-7,9-10,18-20,25H,3-5,8,11-15H2,1-2H3,(H,31,32)/t18-,19-,20-/m0/s1. The predicted molar refractivity (Wildman–Crippen MR) is 119 cm³/mol. The molecule has 0 unspecified atom stereocenters. The Morgan fingerprint density at radius 3 is 2.53 bits per heavy atom. The average molecular weight is 444 g/mol. The van der Waals surface area contributed by atoms with Crippen molar-refractivity contribution in [2.24, 2.45) is 0 Å². The highest BCUT2D eigenvalue weighted by molar-refractivity contribution is 6.04. The number of fused-ring (bicyclic) bond motifs is 1. The number of imide groups is 1. The summed E-state index contributed by atoms with van der Waals surface area (Å²) in [4.78, 5) is 54.3. The summed E-state index contributed by atoms with van der Waals surface area (Å²) in [5, 5.41) is 13.1. The Bertz CT molecular complexity index is 871. The minimum atomic E-state index is -1.24. The molecule has 32 heavy (non-hydrogen) atoms. The van der Waals surface area contributed by atoms with Gasteiger partial charge in [0.15, 0.2) is 0 Å². The second kappa shape index (κ2) is 10.7.